The average Bonchev–Trinajstić information content (AvgIpc) is 3.35. The number of para-hydroxylation sites is 2. The lowest BCUT2D eigenvalue weighted by molar-refractivity contribution is -0.120. The quantitative estimate of drug-likeness (QED) is 0.667. The summed E-state index contributed by atoms with van der Waals surface area (Å²) in [6.45, 7) is 8.23. The molecule has 2 heterocycles. The van der Waals surface area contributed by atoms with Crippen LogP contribution in [0.5, 0.6) is 5.75 Å². The van der Waals surface area contributed by atoms with E-state index in [2.05, 4.69) is 4.90 Å². The van der Waals surface area contributed by atoms with Gasteiger partial charge in [-0.3, -0.25) is 9.59 Å². The van der Waals surface area contributed by atoms with Crippen LogP contribution in [0.15, 0.2) is 48.2 Å². The predicted octanol–water partition coefficient (Wildman–Crippen LogP) is 4.47. The molecule has 0 atom stereocenters. The number of hydrogen-bond acceptors (Lipinski definition) is 4. The Bertz CT molecular complexity index is 1020. The monoisotopic (exact) mass is 404 g/mol. The van der Waals surface area contributed by atoms with Gasteiger partial charge >= 0.3 is 0 Å². The summed E-state index contributed by atoms with van der Waals surface area (Å²) in [5.74, 6) is 0.0172. The maximum Gasteiger partial charge on any atom is 0.282 e. The van der Waals surface area contributed by atoms with Crippen molar-refractivity contribution in [3.63, 3.8) is 0 Å². The van der Waals surface area contributed by atoms with Gasteiger partial charge in [0.25, 0.3) is 11.8 Å². The number of amides is 2. The molecule has 2 aromatic carbocycles. The van der Waals surface area contributed by atoms with E-state index in [0.29, 0.717) is 29.3 Å². The summed E-state index contributed by atoms with van der Waals surface area (Å²) in [5, 5.41) is 0. The molecule has 0 N–H and O–H groups in total. The third kappa shape index (κ3) is 3.49. The van der Waals surface area contributed by atoms with Crippen LogP contribution in [0, 0.1) is 13.8 Å². The van der Waals surface area contributed by atoms with Crippen LogP contribution < -0.4 is 9.64 Å². The van der Waals surface area contributed by atoms with Crippen molar-refractivity contribution in [1.82, 2.24) is 4.90 Å². The van der Waals surface area contributed by atoms with Crippen LogP contribution in [-0.2, 0) is 9.59 Å². The van der Waals surface area contributed by atoms with Crippen molar-refractivity contribution in [3.05, 3.63) is 64.9 Å². The molecular formula is C25H28N2O3. The van der Waals surface area contributed by atoms with Crippen molar-refractivity contribution < 1.29 is 14.3 Å². The van der Waals surface area contributed by atoms with Crippen molar-refractivity contribution in [2.24, 2.45) is 0 Å². The number of aryl methyl sites for hydroxylation is 2. The summed E-state index contributed by atoms with van der Waals surface area (Å²) in [6, 6.07) is 13.3. The first-order chi connectivity index (χ1) is 14.5. The maximum absolute atomic E-state index is 13.7. The van der Waals surface area contributed by atoms with Gasteiger partial charge in [0.1, 0.15) is 11.4 Å². The Balaban J connectivity index is 1.82. The summed E-state index contributed by atoms with van der Waals surface area (Å²) in [7, 11) is 0. The molecule has 2 aliphatic rings. The number of carbonyl (C=O) groups excluding carboxylic acids is 2. The van der Waals surface area contributed by atoms with Crippen LogP contribution >= 0.6 is 0 Å². The number of likely N-dealkylation sites (tertiary alicyclic amines) is 1. The van der Waals surface area contributed by atoms with Crippen LogP contribution in [0.2, 0.25) is 0 Å². The van der Waals surface area contributed by atoms with Crippen molar-refractivity contribution in [3.8, 4) is 5.75 Å². The van der Waals surface area contributed by atoms with Gasteiger partial charge in [0.05, 0.1) is 17.9 Å². The number of benzene rings is 2. The van der Waals surface area contributed by atoms with Crippen molar-refractivity contribution >= 4 is 23.1 Å². The molecule has 1 fully saturated rings. The zero-order valence-electron chi connectivity index (χ0n) is 17.9. The average molecular weight is 405 g/mol. The lowest BCUT2D eigenvalue weighted by Crippen LogP contribution is -2.34. The van der Waals surface area contributed by atoms with E-state index in [0.717, 1.165) is 49.0 Å². The highest BCUT2D eigenvalue weighted by molar-refractivity contribution is 6.45. The van der Waals surface area contributed by atoms with E-state index in [4.69, 9.17) is 4.74 Å². The van der Waals surface area contributed by atoms with Crippen LogP contribution in [0.25, 0.3) is 5.57 Å². The molecule has 5 nitrogen and oxygen atoms in total. The molecule has 5 heteroatoms. The molecule has 2 aliphatic heterocycles. The van der Waals surface area contributed by atoms with Crippen LogP contribution in [0.4, 0.5) is 5.69 Å². The van der Waals surface area contributed by atoms with E-state index in [-0.39, 0.29) is 11.8 Å². The summed E-state index contributed by atoms with van der Waals surface area (Å²) < 4.78 is 5.85. The lowest BCUT2D eigenvalue weighted by atomic mass is 9.99. The normalized spacial score (nSPS) is 16.8. The number of hydrogen-bond donors (Lipinski definition) is 0. The molecular weight excluding hydrogens is 376 g/mol. The largest absolute Gasteiger partial charge is 0.491 e. The second-order valence-corrected chi connectivity index (χ2v) is 7.98. The van der Waals surface area contributed by atoms with E-state index in [9.17, 15) is 9.59 Å². The minimum absolute atomic E-state index is 0.261. The first-order valence-electron chi connectivity index (χ1n) is 10.7. The Hall–Kier alpha value is -3.08. The second kappa shape index (κ2) is 8.34. The second-order valence-electron chi connectivity index (χ2n) is 7.98. The topological polar surface area (TPSA) is 49.9 Å². The molecule has 156 valence electrons. The highest BCUT2D eigenvalue weighted by Crippen LogP contribution is 2.39. The predicted molar refractivity (Wildman–Crippen MR) is 118 cm³/mol. The van der Waals surface area contributed by atoms with Gasteiger partial charge in [0.15, 0.2) is 0 Å². The molecule has 0 bridgehead atoms. The van der Waals surface area contributed by atoms with Crippen LogP contribution in [-0.4, -0.2) is 36.4 Å². The number of rotatable bonds is 6. The zero-order chi connectivity index (χ0) is 21.3. The van der Waals surface area contributed by atoms with Crippen molar-refractivity contribution in [1.29, 1.82) is 0 Å². The van der Waals surface area contributed by atoms with Gasteiger partial charge in [0.2, 0.25) is 0 Å². The Morgan fingerprint density at radius 2 is 1.67 bits per heavy atom. The summed E-state index contributed by atoms with van der Waals surface area (Å²) in [6.07, 6.45) is 2.91. The van der Waals surface area contributed by atoms with Gasteiger partial charge in [0, 0.05) is 13.1 Å². The molecule has 0 aromatic heterocycles. The SMILES string of the molecule is CCCOc1ccccc1N1C(=O)C(c2ccc(C)c(C)c2)=C(N2CCCC2)C1=O. The molecule has 2 amide bonds. The number of ether oxygens (including phenoxy) is 1. The van der Waals surface area contributed by atoms with Crippen molar-refractivity contribution in [2.75, 3.05) is 24.6 Å². The smallest absolute Gasteiger partial charge is 0.282 e. The number of nitrogens with zero attached hydrogens (tertiary/aromatic N) is 2. The van der Waals surface area contributed by atoms with E-state index in [1.54, 1.807) is 6.07 Å². The molecule has 2 aromatic rings. The van der Waals surface area contributed by atoms with E-state index < -0.39 is 0 Å². The third-order valence-corrected chi connectivity index (χ3v) is 5.85. The fraction of sp³-hybridized carbons (Fsp3) is 0.360. The fourth-order valence-electron chi connectivity index (χ4n) is 4.10. The Morgan fingerprint density at radius 3 is 2.37 bits per heavy atom. The van der Waals surface area contributed by atoms with Gasteiger partial charge in [-0.15, -0.1) is 0 Å². The summed E-state index contributed by atoms with van der Waals surface area (Å²) >= 11 is 0. The first-order valence-corrected chi connectivity index (χ1v) is 10.7. The molecule has 4 rings (SSSR count). The minimum atomic E-state index is -0.280. The van der Waals surface area contributed by atoms with Gasteiger partial charge < -0.3 is 9.64 Å². The van der Waals surface area contributed by atoms with Gasteiger partial charge in [-0.25, -0.2) is 4.90 Å². The molecule has 0 spiro atoms. The van der Waals surface area contributed by atoms with Crippen LogP contribution in [0.3, 0.4) is 0 Å². The summed E-state index contributed by atoms with van der Waals surface area (Å²) in [4.78, 5) is 30.7. The molecule has 0 saturated carbocycles. The molecule has 0 unspecified atom stereocenters. The fourth-order valence-corrected chi connectivity index (χ4v) is 4.10. The van der Waals surface area contributed by atoms with Gasteiger partial charge in [-0.1, -0.05) is 37.3 Å². The van der Waals surface area contributed by atoms with Gasteiger partial charge in [-0.2, -0.15) is 0 Å². The number of imide groups is 1. The maximum atomic E-state index is 13.7. The van der Waals surface area contributed by atoms with E-state index in [1.807, 2.05) is 57.2 Å². The minimum Gasteiger partial charge on any atom is -0.491 e. The highest BCUT2D eigenvalue weighted by atomic mass is 16.5. The lowest BCUT2D eigenvalue weighted by Gasteiger charge is -2.21. The number of anilines is 1. The molecule has 30 heavy (non-hydrogen) atoms. The standard InChI is InChI=1S/C25H28N2O3/c1-4-15-30-21-10-6-5-9-20(21)27-24(28)22(19-12-11-17(2)18(3)16-19)23(25(27)29)26-13-7-8-14-26/h5-6,9-12,16H,4,7-8,13-15H2,1-3H3. The van der Waals surface area contributed by atoms with Gasteiger partial charge in [-0.05, 0) is 61.9 Å². The highest BCUT2D eigenvalue weighted by Gasteiger charge is 2.43. The molecule has 1 saturated heterocycles. The number of carbonyl (C=O) groups is 2. The Kier molecular flexibility index (Phi) is 5.62. The zero-order valence-corrected chi connectivity index (χ0v) is 17.9. The van der Waals surface area contributed by atoms with Crippen molar-refractivity contribution in [2.45, 2.75) is 40.0 Å². The Labute approximate surface area is 177 Å². The van der Waals surface area contributed by atoms with Crippen LogP contribution in [0.1, 0.15) is 42.9 Å². The third-order valence-electron chi connectivity index (χ3n) is 5.85. The van der Waals surface area contributed by atoms with E-state index in [1.165, 1.54) is 4.90 Å². The first kappa shape index (κ1) is 20.2. The van der Waals surface area contributed by atoms with E-state index >= 15 is 0 Å². The Morgan fingerprint density at radius 1 is 0.933 bits per heavy atom. The molecule has 0 aliphatic carbocycles. The summed E-state index contributed by atoms with van der Waals surface area (Å²) in [5.41, 5.74) is 4.59. The molecule has 0 radical (unpaired) electrons.